The van der Waals surface area contributed by atoms with Crippen LogP contribution in [0.4, 0.5) is 0 Å². The van der Waals surface area contributed by atoms with Crippen LogP contribution in [0.3, 0.4) is 0 Å². The Kier molecular flexibility index (Phi) is 6.56. The van der Waals surface area contributed by atoms with Crippen LogP contribution in [0.5, 0.6) is 0 Å². The Hall–Kier alpha value is -2.83. The maximum atomic E-state index is 10.8. The maximum absolute atomic E-state index is 10.8. The Bertz CT molecular complexity index is 826. The van der Waals surface area contributed by atoms with Crippen LogP contribution in [-0.2, 0) is 4.79 Å². The molecule has 0 saturated heterocycles. The molecule has 0 spiro atoms. The van der Waals surface area contributed by atoms with Crippen molar-refractivity contribution in [3.8, 4) is 11.8 Å². The second-order valence-corrected chi connectivity index (χ2v) is 6.12. The first-order chi connectivity index (χ1) is 12.0. The Labute approximate surface area is 149 Å². The van der Waals surface area contributed by atoms with Crippen LogP contribution in [0.2, 0.25) is 0 Å². The fourth-order valence-electron chi connectivity index (χ4n) is 2.36. The topological polar surface area (TPSA) is 40.5 Å². The van der Waals surface area contributed by atoms with Crippen molar-refractivity contribution in [3.05, 3.63) is 76.9 Å². The van der Waals surface area contributed by atoms with Gasteiger partial charge in [-0.1, -0.05) is 54.3 Å². The number of carboxylic acid groups (broad SMARTS) is 1. The smallest absolute Gasteiger partial charge is 0.317 e. The summed E-state index contributed by atoms with van der Waals surface area (Å²) in [6.45, 7) is 4.69. The molecule has 128 valence electrons. The molecule has 0 aliphatic rings. The van der Waals surface area contributed by atoms with E-state index in [1.165, 1.54) is 11.1 Å². The number of aryl methyl sites for hydroxylation is 2. The van der Waals surface area contributed by atoms with E-state index in [1.54, 1.807) is 11.9 Å². The molecule has 2 aromatic rings. The molecule has 3 nitrogen and oxygen atoms in total. The Morgan fingerprint density at radius 1 is 1.12 bits per heavy atom. The van der Waals surface area contributed by atoms with Gasteiger partial charge in [-0.05, 0) is 49.7 Å². The van der Waals surface area contributed by atoms with Gasteiger partial charge in [0.2, 0.25) is 0 Å². The van der Waals surface area contributed by atoms with Gasteiger partial charge in [0, 0.05) is 17.7 Å². The van der Waals surface area contributed by atoms with Crippen LogP contribution in [0.1, 0.15) is 22.3 Å². The molecule has 2 aromatic carbocycles. The second-order valence-electron chi connectivity index (χ2n) is 6.12. The van der Waals surface area contributed by atoms with Crippen LogP contribution in [0.25, 0.3) is 5.57 Å². The zero-order valence-electron chi connectivity index (χ0n) is 14.9. The highest BCUT2D eigenvalue weighted by Gasteiger charge is 2.04. The van der Waals surface area contributed by atoms with Crippen molar-refractivity contribution in [1.82, 2.24) is 4.90 Å². The first-order valence-electron chi connectivity index (χ1n) is 8.21. The van der Waals surface area contributed by atoms with Gasteiger partial charge in [0.25, 0.3) is 0 Å². The number of allylic oxidation sites excluding steroid dienone is 1. The molecule has 3 heteroatoms. The molecule has 2 rings (SSSR count). The first-order valence-corrected chi connectivity index (χ1v) is 8.21. The van der Waals surface area contributed by atoms with E-state index in [0.717, 1.165) is 16.7 Å². The summed E-state index contributed by atoms with van der Waals surface area (Å²) >= 11 is 0. The summed E-state index contributed by atoms with van der Waals surface area (Å²) in [6.07, 6.45) is 1.98. The molecule has 0 aliphatic carbocycles. The third kappa shape index (κ3) is 5.95. The molecule has 0 radical (unpaired) electrons. The fourth-order valence-corrected chi connectivity index (χ4v) is 2.36. The highest BCUT2D eigenvalue weighted by atomic mass is 16.4. The van der Waals surface area contributed by atoms with Crippen molar-refractivity contribution in [2.45, 2.75) is 13.8 Å². The average Bonchev–Trinajstić information content (AvgIpc) is 2.58. The van der Waals surface area contributed by atoms with Crippen LogP contribution in [-0.4, -0.2) is 36.1 Å². The highest BCUT2D eigenvalue weighted by molar-refractivity contribution is 5.79. The lowest BCUT2D eigenvalue weighted by atomic mass is 10.0. The van der Waals surface area contributed by atoms with Crippen molar-refractivity contribution in [1.29, 1.82) is 0 Å². The summed E-state index contributed by atoms with van der Waals surface area (Å²) in [5, 5.41) is 8.88. The zero-order chi connectivity index (χ0) is 18.2. The molecule has 0 heterocycles. The Morgan fingerprint density at radius 3 is 2.48 bits per heavy atom. The first kappa shape index (κ1) is 18.5. The zero-order valence-corrected chi connectivity index (χ0v) is 14.9. The number of nitrogens with zero attached hydrogens (tertiary/aromatic N) is 1. The number of likely N-dealkylation sites (N-methyl/N-ethyl adjacent to an activating group) is 1. The van der Waals surface area contributed by atoms with Crippen LogP contribution in [0, 0.1) is 25.7 Å². The van der Waals surface area contributed by atoms with Crippen molar-refractivity contribution in [2.75, 3.05) is 20.1 Å². The number of rotatable bonds is 5. The van der Waals surface area contributed by atoms with E-state index in [9.17, 15) is 4.79 Å². The molecule has 0 aliphatic heterocycles. The van der Waals surface area contributed by atoms with Crippen molar-refractivity contribution in [3.63, 3.8) is 0 Å². The average molecular weight is 333 g/mol. The standard InChI is InChI=1S/C22H23NO2/c1-17-9-10-19(15-18(17)2)11-12-21(20-7-5-4-6-8-20)13-14-23(3)16-22(24)25/h4-10,13,15H,14,16H2,1-3H3,(H,24,25). The highest BCUT2D eigenvalue weighted by Crippen LogP contribution is 2.14. The summed E-state index contributed by atoms with van der Waals surface area (Å²) in [4.78, 5) is 12.5. The summed E-state index contributed by atoms with van der Waals surface area (Å²) in [5.41, 5.74) is 5.38. The van der Waals surface area contributed by atoms with Gasteiger partial charge < -0.3 is 5.11 Å². The lowest BCUT2D eigenvalue weighted by Crippen LogP contribution is -2.25. The van der Waals surface area contributed by atoms with Gasteiger partial charge in [-0.25, -0.2) is 0 Å². The largest absolute Gasteiger partial charge is 0.480 e. The second kappa shape index (κ2) is 8.86. The Morgan fingerprint density at radius 2 is 1.84 bits per heavy atom. The van der Waals surface area contributed by atoms with E-state index in [2.05, 4.69) is 37.8 Å². The van der Waals surface area contributed by atoms with Gasteiger partial charge in [-0.15, -0.1) is 0 Å². The van der Waals surface area contributed by atoms with E-state index in [0.29, 0.717) is 6.54 Å². The van der Waals surface area contributed by atoms with Gasteiger partial charge in [-0.3, -0.25) is 9.69 Å². The maximum Gasteiger partial charge on any atom is 0.317 e. The van der Waals surface area contributed by atoms with Gasteiger partial charge >= 0.3 is 5.97 Å². The molecule has 25 heavy (non-hydrogen) atoms. The molecule has 0 fully saturated rings. The fraction of sp³-hybridized carbons (Fsp3) is 0.227. The van der Waals surface area contributed by atoms with Crippen LogP contribution < -0.4 is 0 Å². The number of carbonyl (C=O) groups is 1. The molecule has 0 amide bonds. The van der Waals surface area contributed by atoms with Crippen molar-refractivity contribution < 1.29 is 9.90 Å². The van der Waals surface area contributed by atoms with E-state index in [1.807, 2.05) is 42.5 Å². The minimum absolute atomic E-state index is 0.00313. The molecule has 0 unspecified atom stereocenters. The molecule has 0 bridgehead atoms. The lowest BCUT2D eigenvalue weighted by Gasteiger charge is -2.11. The van der Waals surface area contributed by atoms with Crippen LogP contribution >= 0.6 is 0 Å². The molecule has 1 N–H and O–H groups in total. The number of aliphatic carboxylic acids is 1. The SMILES string of the molecule is Cc1ccc(C#CC(=CCN(C)CC(=O)O)c2ccccc2)cc1C. The Balaban J connectivity index is 2.28. The van der Waals surface area contributed by atoms with Crippen molar-refractivity contribution >= 4 is 11.5 Å². The number of carboxylic acids is 1. The van der Waals surface area contributed by atoms with Crippen LogP contribution in [0.15, 0.2) is 54.6 Å². The van der Waals surface area contributed by atoms with E-state index in [4.69, 9.17) is 5.11 Å². The van der Waals surface area contributed by atoms with E-state index >= 15 is 0 Å². The summed E-state index contributed by atoms with van der Waals surface area (Å²) in [7, 11) is 1.78. The third-order valence-electron chi connectivity index (χ3n) is 3.95. The predicted molar refractivity (Wildman–Crippen MR) is 102 cm³/mol. The number of hydrogen-bond acceptors (Lipinski definition) is 2. The molecule has 0 saturated carbocycles. The predicted octanol–water partition coefficient (Wildman–Crippen LogP) is 3.75. The minimum Gasteiger partial charge on any atom is -0.480 e. The molecule has 0 aromatic heterocycles. The minimum atomic E-state index is -0.835. The molecular formula is C22H23NO2. The summed E-state index contributed by atoms with van der Waals surface area (Å²) in [6, 6.07) is 16.1. The quantitative estimate of drug-likeness (QED) is 0.847. The third-order valence-corrected chi connectivity index (χ3v) is 3.95. The molecular weight excluding hydrogens is 310 g/mol. The lowest BCUT2D eigenvalue weighted by molar-refractivity contribution is -0.137. The number of hydrogen-bond donors (Lipinski definition) is 1. The summed E-state index contributed by atoms with van der Waals surface area (Å²) < 4.78 is 0. The normalized spacial score (nSPS) is 11.1. The molecule has 0 atom stereocenters. The van der Waals surface area contributed by atoms with E-state index in [-0.39, 0.29) is 6.54 Å². The van der Waals surface area contributed by atoms with Gasteiger partial charge in [0.15, 0.2) is 0 Å². The van der Waals surface area contributed by atoms with Gasteiger partial charge in [-0.2, -0.15) is 0 Å². The monoisotopic (exact) mass is 333 g/mol. The summed E-state index contributed by atoms with van der Waals surface area (Å²) in [5.74, 6) is 5.63. The van der Waals surface area contributed by atoms with Gasteiger partial charge in [0.05, 0.1) is 6.54 Å². The number of benzene rings is 2. The van der Waals surface area contributed by atoms with Gasteiger partial charge in [0.1, 0.15) is 0 Å². The van der Waals surface area contributed by atoms with Crippen molar-refractivity contribution in [2.24, 2.45) is 0 Å². The van der Waals surface area contributed by atoms with E-state index < -0.39 is 5.97 Å².